The number of aromatic nitrogens is 4. The lowest BCUT2D eigenvalue weighted by Crippen LogP contribution is -2.43. The van der Waals surface area contributed by atoms with Gasteiger partial charge in [0.1, 0.15) is 5.52 Å². The number of carbonyl (C=O) groups excluding carboxylic acids is 1. The second-order valence-electron chi connectivity index (χ2n) is 6.05. The van der Waals surface area contributed by atoms with E-state index in [1.165, 1.54) is 0 Å². The number of rotatable bonds is 4. The first-order chi connectivity index (χ1) is 11.4. The largest absolute Gasteiger partial charge is 0.345 e. The van der Waals surface area contributed by atoms with Crippen LogP contribution < -0.4 is 4.84 Å². The second kappa shape index (κ2) is 6.32. The molecule has 0 radical (unpaired) electrons. The average Bonchev–Trinajstić information content (AvgIpc) is 2.97. The predicted octanol–water partition coefficient (Wildman–Crippen LogP) is 3.16. The standard InChI is InChI=1S/C17H17BrN4O2/c1-11(2)17(3,12-6-8-13(18)9-7-12)16(23)24-22-15-14(20-21-22)5-4-10-19-15/h4-11H,1-3H3. The zero-order valence-corrected chi connectivity index (χ0v) is 15.2. The van der Waals surface area contributed by atoms with Crippen LogP contribution in [-0.4, -0.2) is 26.1 Å². The van der Waals surface area contributed by atoms with Gasteiger partial charge in [-0.15, -0.1) is 5.10 Å². The van der Waals surface area contributed by atoms with E-state index in [9.17, 15) is 4.79 Å². The van der Waals surface area contributed by atoms with Crippen LogP contribution in [-0.2, 0) is 10.2 Å². The van der Waals surface area contributed by atoms with Gasteiger partial charge in [-0.2, -0.15) is 0 Å². The lowest BCUT2D eigenvalue weighted by molar-refractivity contribution is -0.153. The Balaban J connectivity index is 1.97. The van der Waals surface area contributed by atoms with Gasteiger partial charge in [0.2, 0.25) is 5.65 Å². The van der Waals surface area contributed by atoms with Gasteiger partial charge in [0.05, 0.1) is 5.41 Å². The van der Waals surface area contributed by atoms with Crippen molar-refractivity contribution in [3.63, 3.8) is 0 Å². The molecule has 24 heavy (non-hydrogen) atoms. The number of nitrogens with zero attached hydrogens (tertiary/aromatic N) is 4. The van der Waals surface area contributed by atoms with Crippen molar-refractivity contribution in [2.24, 2.45) is 5.92 Å². The van der Waals surface area contributed by atoms with E-state index in [2.05, 4.69) is 31.2 Å². The van der Waals surface area contributed by atoms with Crippen LogP contribution in [0.2, 0.25) is 0 Å². The molecule has 0 aliphatic carbocycles. The fourth-order valence-corrected chi connectivity index (χ4v) is 2.73. The Labute approximate surface area is 147 Å². The Morgan fingerprint density at radius 2 is 1.96 bits per heavy atom. The minimum atomic E-state index is -0.826. The van der Waals surface area contributed by atoms with Crippen molar-refractivity contribution in [1.82, 2.24) is 20.1 Å². The van der Waals surface area contributed by atoms with Crippen molar-refractivity contribution in [1.29, 1.82) is 0 Å². The van der Waals surface area contributed by atoms with E-state index in [4.69, 9.17) is 4.84 Å². The summed E-state index contributed by atoms with van der Waals surface area (Å²) < 4.78 is 0.956. The Morgan fingerprint density at radius 1 is 1.25 bits per heavy atom. The molecule has 0 amide bonds. The van der Waals surface area contributed by atoms with Gasteiger partial charge in [0.15, 0.2) is 0 Å². The molecule has 124 valence electrons. The molecule has 1 atom stereocenters. The number of hydrogen-bond acceptors (Lipinski definition) is 5. The molecule has 6 nitrogen and oxygen atoms in total. The highest BCUT2D eigenvalue weighted by atomic mass is 79.9. The Kier molecular flexibility index (Phi) is 4.36. The lowest BCUT2D eigenvalue weighted by Gasteiger charge is -2.31. The van der Waals surface area contributed by atoms with Crippen LogP contribution in [0.5, 0.6) is 0 Å². The van der Waals surface area contributed by atoms with Crippen molar-refractivity contribution in [3.05, 3.63) is 52.6 Å². The third-order valence-electron chi connectivity index (χ3n) is 4.37. The third-order valence-corrected chi connectivity index (χ3v) is 4.90. The summed E-state index contributed by atoms with van der Waals surface area (Å²) in [6.07, 6.45) is 1.60. The predicted molar refractivity (Wildman–Crippen MR) is 93.2 cm³/mol. The maximum atomic E-state index is 13.0. The Hall–Kier alpha value is -2.28. The summed E-state index contributed by atoms with van der Waals surface area (Å²) in [5, 5.41) is 7.82. The maximum absolute atomic E-state index is 13.0. The topological polar surface area (TPSA) is 69.9 Å². The van der Waals surface area contributed by atoms with Crippen molar-refractivity contribution in [2.75, 3.05) is 0 Å². The normalized spacial score (nSPS) is 13.9. The molecule has 0 bridgehead atoms. The number of pyridine rings is 1. The zero-order chi connectivity index (χ0) is 17.3. The van der Waals surface area contributed by atoms with Gasteiger partial charge in [0.25, 0.3) is 0 Å². The summed E-state index contributed by atoms with van der Waals surface area (Å²) in [4.78, 5) is 23.7. The molecule has 0 saturated carbocycles. The van der Waals surface area contributed by atoms with Crippen LogP contribution >= 0.6 is 15.9 Å². The van der Waals surface area contributed by atoms with Crippen molar-refractivity contribution in [2.45, 2.75) is 26.2 Å². The summed E-state index contributed by atoms with van der Waals surface area (Å²) in [6.45, 7) is 5.85. The van der Waals surface area contributed by atoms with Crippen LogP contribution in [0.15, 0.2) is 47.1 Å². The number of fused-ring (bicyclic) bond motifs is 1. The van der Waals surface area contributed by atoms with Crippen LogP contribution in [0.1, 0.15) is 26.3 Å². The first kappa shape index (κ1) is 16.6. The number of halogens is 1. The van der Waals surface area contributed by atoms with Gasteiger partial charge in [-0.25, -0.2) is 9.78 Å². The van der Waals surface area contributed by atoms with E-state index in [-0.39, 0.29) is 5.92 Å². The van der Waals surface area contributed by atoms with E-state index in [0.717, 1.165) is 14.9 Å². The van der Waals surface area contributed by atoms with Crippen molar-refractivity contribution in [3.8, 4) is 0 Å². The van der Waals surface area contributed by atoms with Crippen LogP contribution in [0.25, 0.3) is 11.2 Å². The number of carbonyl (C=O) groups is 1. The SMILES string of the molecule is CC(C)C(C)(C(=O)On1nnc2cccnc21)c1ccc(Br)cc1. The summed E-state index contributed by atoms with van der Waals surface area (Å²) in [5.41, 5.74) is 1.03. The second-order valence-corrected chi connectivity index (χ2v) is 6.97. The molecule has 0 saturated heterocycles. The fourth-order valence-electron chi connectivity index (χ4n) is 2.46. The third kappa shape index (κ3) is 2.80. The van der Waals surface area contributed by atoms with Gasteiger partial charge in [0, 0.05) is 10.7 Å². The summed E-state index contributed by atoms with van der Waals surface area (Å²) in [6, 6.07) is 11.2. The van der Waals surface area contributed by atoms with E-state index in [1.54, 1.807) is 18.3 Å². The molecule has 2 aromatic heterocycles. The summed E-state index contributed by atoms with van der Waals surface area (Å²) >= 11 is 3.42. The molecule has 0 aliphatic rings. The minimum Gasteiger partial charge on any atom is -0.315 e. The molecule has 1 aromatic carbocycles. The van der Waals surface area contributed by atoms with E-state index in [1.807, 2.05) is 45.0 Å². The monoisotopic (exact) mass is 388 g/mol. The van der Waals surface area contributed by atoms with Gasteiger partial charge in [-0.05, 0) is 52.7 Å². The van der Waals surface area contributed by atoms with Crippen molar-refractivity contribution >= 4 is 33.1 Å². The molecule has 7 heteroatoms. The van der Waals surface area contributed by atoms with Crippen LogP contribution in [0.4, 0.5) is 0 Å². The zero-order valence-electron chi connectivity index (χ0n) is 13.6. The average molecular weight is 389 g/mol. The number of benzene rings is 1. The van der Waals surface area contributed by atoms with Crippen LogP contribution in [0.3, 0.4) is 0 Å². The smallest absolute Gasteiger partial charge is 0.315 e. The molecular formula is C17H17BrN4O2. The highest BCUT2D eigenvalue weighted by Crippen LogP contribution is 2.33. The van der Waals surface area contributed by atoms with Gasteiger partial charge in [-0.3, -0.25) is 0 Å². The molecule has 0 aliphatic heterocycles. The molecule has 2 heterocycles. The van der Waals surface area contributed by atoms with Gasteiger partial charge >= 0.3 is 5.97 Å². The molecule has 0 spiro atoms. The Bertz CT molecular complexity index is 876. The van der Waals surface area contributed by atoms with E-state index >= 15 is 0 Å². The van der Waals surface area contributed by atoms with Crippen LogP contribution in [0, 0.1) is 5.92 Å². The number of hydrogen-bond donors (Lipinski definition) is 0. The highest BCUT2D eigenvalue weighted by Gasteiger charge is 2.41. The van der Waals surface area contributed by atoms with E-state index < -0.39 is 11.4 Å². The fraction of sp³-hybridized carbons (Fsp3) is 0.294. The van der Waals surface area contributed by atoms with Gasteiger partial charge in [-0.1, -0.05) is 41.9 Å². The first-order valence-electron chi connectivity index (χ1n) is 7.58. The highest BCUT2D eigenvalue weighted by molar-refractivity contribution is 9.10. The van der Waals surface area contributed by atoms with Crippen molar-refractivity contribution < 1.29 is 9.63 Å². The molecule has 3 aromatic rings. The van der Waals surface area contributed by atoms with Gasteiger partial charge < -0.3 is 4.84 Å². The summed E-state index contributed by atoms with van der Waals surface area (Å²) in [5.74, 6) is -0.383. The molecule has 0 N–H and O–H groups in total. The maximum Gasteiger partial charge on any atom is 0.345 e. The minimum absolute atomic E-state index is 0.0221. The quantitative estimate of drug-likeness (QED) is 0.642. The first-order valence-corrected chi connectivity index (χ1v) is 8.37. The Morgan fingerprint density at radius 3 is 2.62 bits per heavy atom. The molecular weight excluding hydrogens is 372 g/mol. The van der Waals surface area contributed by atoms with E-state index in [0.29, 0.717) is 11.2 Å². The molecule has 0 fully saturated rings. The summed E-state index contributed by atoms with van der Waals surface area (Å²) in [7, 11) is 0. The lowest BCUT2D eigenvalue weighted by atomic mass is 9.73. The molecule has 1 unspecified atom stereocenters. The molecule has 3 rings (SSSR count).